The summed E-state index contributed by atoms with van der Waals surface area (Å²) >= 11 is 1.72. The van der Waals surface area contributed by atoms with Gasteiger partial charge in [0.1, 0.15) is 0 Å². The zero-order valence-electron chi connectivity index (χ0n) is 18.9. The maximum atomic E-state index is 13.3. The maximum Gasteiger partial charge on any atom is 0.221 e. The fourth-order valence-corrected chi connectivity index (χ4v) is 5.71. The van der Waals surface area contributed by atoms with Crippen LogP contribution >= 0.6 is 11.8 Å². The molecule has 0 heterocycles. The molecular formula is C30H24O3S. The Morgan fingerprint density at radius 2 is 1.41 bits per heavy atom. The predicted octanol–water partition coefficient (Wildman–Crippen LogP) is 6.70. The second-order valence-corrected chi connectivity index (χ2v) is 9.39. The summed E-state index contributed by atoms with van der Waals surface area (Å²) in [6.07, 6.45) is 2.33. The Hall–Kier alpha value is -3.63. The molecule has 5 rings (SSSR count). The van der Waals surface area contributed by atoms with Crippen LogP contribution in [-0.4, -0.2) is 24.4 Å². The summed E-state index contributed by atoms with van der Waals surface area (Å²) in [6, 6.07) is 28.7. The van der Waals surface area contributed by atoms with E-state index in [9.17, 15) is 9.59 Å². The van der Waals surface area contributed by atoms with Crippen molar-refractivity contribution in [2.45, 2.75) is 17.7 Å². The first kappa shape index (κ1) is 22.2. The molecule has 0 fully saturated rings. The van der Waals surface area contributed by atoms with E-state index in [-0.39, 0.29) is 17.3 Å². The van der Waals surface area contributed by atoms with Crippen LogP contribution in [0.4, 0.5) is 0 Å². The third-order valence-corrected chi connectivity index (χ3v) is 7.27. The molecule has 0 saturated heterocycles. The third kappa shape index (κ3) is 4.29. The molecule has 0 saturated carbocycles. The number of carbonyl (C=O) groups excluding carboxylic acids is 2. The van der Waals surface area contributed by atoms with E-state index in [1.165, 1.54) is 39.6 Å². The lowest BCUT2D eigenvalue weighted by Gasteiger charge is -2.19. The molecule has 0 radical (unpaired) electrons. The molecule has 34 heavy (non-hydrogen) atoms. The summed E-state index contributed by atoms with van der Waals surface area (Å²) in [7, 11) is 1.46. The molecule has 4 aromatic carbocycles. The number of benzene rings is 4. The molecular weight excluding hydrogens is 440 g/mol. The highest BCUT2D eigenvalue weighted by Crippen LogP contribution is 2.37. The number of hydrogen-bond acceptors (Lipinski definition) is 4. The van der Waals surface area contributed by atoms with Crippen molar-refractivity contribution in [3.63, 3.8) is 0 Å². The number of ketones is 2. The van der Waals surface area contributed by atoms with Gasteiger partial charge in [0, 0.05) is 28.2 Å². The number of thioether (sulfide) groups is 1. The minimum Gasteiger partial charge on any atom is -0.492 e. The first-order valence-electron chi connectivity index (χ1n) is 11.3. The Labute approximate surface area is 203 Å². The molecule has 0 N–H and O–H groups in total. The molecule has 0 amide bonds. The van der Waals surface area contributed by atoms with Crippen LogP contribution < -0.4 is 0 Å². The van der Waals surface area contributed by atoms with Crippen molar-refractivity contribution in [1.29, 1.82) is 0 Å². The van der Waals surface area contributed by atoms with Crippen molar-refractivity contribution in [2.75, 3.05) is 12.9 Å². The Morgan fingerprint density at radius 3 is 2.06 bits per heavy atom. The van der Waals surface area contributed by atoms with Crippen LogP contribution in [0, 0.1) is 0 Å². The fraction of sp³-hybridized carbons (Fsp3) is 0.133. The van der Waals surface area contributed by atoms with Gasteiger partial charge in [0.05, 0.1) is 7.11 Å². The molecule has 168 valence electrons. The summed E-state index contributed by atoms with van der Waals surface area (Å²) in [5, 5.41) is 4.78. The van der Waals surface area contributed by atoms with E-state index in [4.69, 9.17) is 4.74 Å². The van der Waals surface area contributed by atoms with E-state index in [1.54, 1.807) is 11.8 Å². The van der Waals surface area contributed by atoms with Crippen molar-refractivity contribution < 1.29 is 14.3 Å². The topological polar surface area (TPSA) is 43.4 Å². The number of fused-ring (bicyclic) bond motifs is 2. The molecule has 1 aliphatic rings. The van der Waals surface area contributed by atoms with E-state index in [1.807, 2.05) is 42.5 Å². The smallest absolute Gasteiger partial charge is 0.221 e. The molecule has 1 aliphatic carbocycles. The first-order valence-corrected chi connectivity index (χ1v) is 12.3. The number of hydrogen-bond donors (Lipinski definition) is 0. The largest absolute Gasteiger partial charge is 0.492 e. The number of methoxy groups -OCH3 is 1. The number of Topliss-reactive ketones (excluding diaryl/α,β-unsaturated/α-hetero) is 1. The molecule has 0 atom stereocenters. The molecule has 0 aromatic heterocycles. The van der Waals surface area contributed by atoms with Crippen molar-refractivity contribution >= 4 is 44.9 Å². The van der Waals surface area contributed by atoms with Gasteiger partial charge in [0.15, 0.2) is 11.5 Å². The van der Waals surface area contributed by atoms with E-state index in [0.29, 0.717) is 29.7 Å². The lowest BCUT2D eigenvalue weighted by molar-refractivity contribution is -0.118. The first-order chi connectivity index (χ1) is 16.7. The highest BCUT2D eigenvalue weighted by Gasteiger charge is 2.29. The van der Waals surface area contributed by atoms with E-state index < -0.39 is 0 Å². The van der Waals surface area contributed by atoms with Crippen LogP contribution in [0.15, 0.2) is 113 Å². The lowest BCUT2D eigenvalue weighted by Crippen LogP contribution is -2.22. The number of allylic oxidation sites excluding steroid dienone is 3. The van der Waals surface area contributed by atoms with Gasteiger partial charge in [-0.25, -0.2) is 0 Å². The van der Waals surface area contributed by atoms with E-state index >= 15 is 0 Å². The third-order valence-electron chi connectivity index (χ3n) is 6.13. The van der Waals surface area contributed by atoms with Gasteiger partial charge in [0.2, 0.25) is 5.78 Å². The Kier molecular flexibility index (Phi) is 6.33. The molecule has 4 aromatic rings. The van der Waals surface area contributed by atoms with Gasteiger partial charge in [-0.3, -0.25) is 9.59 Å². The van der Waals surface area contributed by atoms with Gasteiger partial charge in [-0.05, 0) is 45.7 Å². The zero-order valence-corrected chi connectivity index (χ0v) is 19.7. The molecule has 3 nitrogen and oxygen atoms in total. The average Bonchev–Trinajstić information content (AvgIpc) is 2.87. The van der Waals surface area contributed by atoms with Crippen LogP contribution in [0.25, 0.3) is 21.5 Å². The summed E-state index contributed by atoms with van der Waals surface area (Å²) in [5.41, 5.74) is 2.00. The fourth-order valence-electron chi connectivity index (χ4n) is 4.52. The minimum absolute atomic E-state index is 0.0938. The van der Waals surface area contributed by atoms with Gasteiger partial charge < -0.3 is 4.74 Å². The van der Waals surface area contributed by atoms with Crippen molar-refractivity contribution in [2.24, 2.45) is 0 Å². The van der Waals surface area contributed by atoms with Crippen LogP contribution in [0.1, 0.15) is 12.0 Å². The standard InChI is InChI=1S/C30H24O3S/c1-33-29-26(28(32)23(19-27(29)31)17-20-9-3-2-4-10-20)15-16-34-30-24-13-7-5-11-21(24)18-22-12-6-8-14-25(22)30/h2-14,18-19H,15-17H2,1H3. The van der Waals surface area contributed by atoms with Gasteiger partial charge in [-0.2, -0.15) is 0 Å². The number of rotatable bonds is 7. The average molecular weight is 465 g/mol. The van der Waals surface area contributed by atoms with Gasteiger partial charge >= 0.3 is 0 Å². The van der Waals surface area contributed by atoms with E-state index in [2.05, 4.69) is 42.5 Å². The SMILES string of the molecule is COC1=C(CCSc2c3ccccc3cc3ccccc23)C(=O)C(Cc2ccccc2)=CC1=O. The second-order valence-electron chi connectivity index (χ2n) is 8.28. The monoisotopic (exact) mass is 464 g/mol. The van der Waals surface area contributed by atoms with Gasteiger partial charge in [-0.1, -0.05) is 78.9 Å². The Balaban J connectivity index is 1.41. The molecule has 0 bridgehead atoms. The zero-order chi connectivity index (χ0) is 23.5. The highest BCUT2D eigenvalue weighted by molar-refractivity contribution is 7.99. The van der Waals surface area contributed by atoms with Crippen LogP contribution in [0.3, 0.4) is 0 Å². The summed E-state index contributed by atoms with van der Waals surface area (Å²) in [6.45, 7) is 0. The Bertz CT molecular complexity index is 1410. The molecule has 0 unspecified atom stereocenters. The van der Waals surface area contributed by atoms with Crippen LogP contribution in [0.2, 0.25) is 0 Å². The maximum absolute atomic E-state index is 13.3. The molecule has 0 spiro atoms. The Morgan fingerprint density at radius 1 is 0.794 bits per heavy atom. The van der Waals surface area contributed by atoms with Crippen molar-refractivity contribution in [3.8, 4) is 0 Å². The van der Waals surface area contributed by atoms with E-state index in [0.717, 1.165) is 5.56 Å². The van der Waals surface area contributed by atoms with Crippen molar-refractivity contribution in [1.82, 2.24) is 0 Å². The number of ether oxygens (including phenoxy) is 1. The lowest BCUT2D eigenvalue weighted by atomic mass is 9.89. The second kappa shape index (κ2) is 9.70. The number of carbonyl (C=O) groups is 2. The normalized spacial score (nSPS) is 14.1. The van der Waals surface area contributed by atoms with Crippen LogP contribution in [-0.2, 0) is 20.7 Å². The summed E-state index contributed by atoms with van der Waals surface area (Å²) in [5.74, 6) is 0.509. The minimum atomic E-state index is -0.233. The summed E-state index contributed by atoms with van der Waals surface area (Å²) < 4.78 is 5.38. The highest BCUT2D eigenvalue weighted by atomic mass is 32.2. The van der Waals surface area contributed by atoms with Crippen molar-refractivity contribution in [3.05, 3.63) is 113 Å². The molecule has 4 heteroatoms. The quantitative estimate of drug-likeness (QED) is 0.173. The van der Waals surface area contributed by atoms with Crippen LogP contribution in [0.5, 0.6) is 0 Å². The van der Waals surface area contributed by atoms with Gasteiger partial charge in [-0.15, -0.1) is 11.8 Å². The summed E-state index contributed by atoms with van der Waals surface area (Å²) in [4.78, 5) is 27.3. The predicted molar refractivity (Wildman–Crippen MR) is 139 cm³/mol. The molecule has 0 aliphatic heterocycles. The van der Waals surface area contributed by atoms with Gasteiger partial charge in [0.25, 0.3) is 0 Å².